The van der Waals surface area contributed by atoms with Gasteiger partial charge in [0.1, 0.15) is 12.0 Å². The second-order valence-electron chi connectivity index (χ2n) is 3.85. The van der Waals surface area contributed by atoms with E-state index < -0.39 is 4.92 Å². The van der Waals surface area contributed by atoms with Crippen LogP contribution in [0.1, 0.15) is 10.4 Å². The monoisotopic (exact) mass is 281 g/mol. The van der Waals surface area contributed by atoms with Gasteiger partial charge in [-0.15, -0.1) is 0 Å². The molecule has 108 valence electrons. The van der Waals surface area contributed by atoms with Crippen LogP contribution in [0.3, 0.4) is 0 Å². The Morgan fingerprint density at radius 1 is 1.50 bits per heavy atom. The molecular formula is C12H15N3O5. The van der Waals surface area contributed by atoms with Crippen LogP contribution in [0.2, 0.25) is 0 Å². The van der Waals surface area contributed by atoms with Crippen LogP contribution in [0.25, 0.3) is 0 Å². The van der Waals surface area contributed by atoms with E-state index in [9.17, 15) is 19.7 Å². The van der Waals surface area contributed by atoms with Crippen molar-refractivity contribution in [2.24, 2.45) is 0 Å². The number of hydrogen-bond donors (Lipinski definition) is 2. The van der Waals surface area contributed by atoms with Gasteiger partial charge in [0.05, 0.1) is 18.1 Å². The Labute approximate surface area is 115 Å². The molecule has 0 saturated heterocycles. The predicted octanol–water partition coefficient (Wildman–Crippen LogP) is 0.582. The van der Waals surface area contributed by atoms with E-state index >= 15 is 0 Å². The van der Waals surface area contributed by atoms with Crippen molar-refractivity contribution in [1.29, 1.82) is 0 Å². The van der Waals surface area contributed by atoms with Gasteiger partial charge in [-0.25, -0.2) is 0 Å². The number of nitro groups is 1. The number of anilines is 1. The minimum absolute atomic E-state index is 0.106. The Kier molecular flexibility index (Phi) is 6.11. The molecule has 0 heterocycles. The largest absolute Gasteiger partial charge is 0.383 e. The predicted molar refractivity (Wildman–Crippen MR) is 71.9 cm³/mol. The molecule has 20 heavy (non-hydrogen) atoms. The molecule has 1 aromatic rings. The number of nitro benzene ring substituents is 1. The molecule has 1 rings (SSSR count). The molecule has 0 saturated carbocycles. The summed E-state index contributed by atoms with van der Waals surface area (Å²) >= 11 is 0. The maximum atomic E-state index is 11.4. The number of hydrogen-bond acceptors (Lipinski definition) is 6. The van der Waals surface area contributed by atoms with E-state index in [1.807, 2.05) is 0 Å². The van der Waals surface area contributed by atoms with Crippen molar-refractivity contribution in [3.05, 3.63) is 33.9 Å². The minimum atomic E-state index is -0.613. The third kappa shape index (κ3) is 4.65. The van der Waals surface area contributed by atoms with Gasteiger partial charge in [-0.1, -0.05) is 0 Å². The van der Waals surface area contributed by atoms with Gasteiger partial charge in [-0.05, 0) is 12.1 Å². The van der Waals surface area contributed by atoms with Crippen molar-refractivity contribution in [2.45, 2.75) is 0 Å². The van der Waals surface area contributed by atoms with Crippen molar-refractivity contribution in [1.82, 2.24) is 5.32 Å². The third-order valence-electron chi connectivity index (χ3n) is 2.42. The van der Waals surface area contributed by atoms with Gasteiger partial charge in [-0.2, -0.15) is 0 Å². The van der Waals surface area contributed by atoms with E-state index in [1.165, 1.54) is 19.2 Å². The molecule has 0 radical (unpaired) electrons. The van der Waals surface area contributed by atoms with Crippen LogP contribution in [0.4, 0.5) is 11.4 Å². The first-order chi connectivity index (χ1) is 9.58. The molecule has 0 fully saturated rings. The summed E-state index contributed by atoms with van der Waals surface area (Å²) in [6.07, 6.45) is 0.522. The molecule has 2 N–H and O–H groups in total. The number of nitrogens with zero attached hydrogens (tertiary/aromatic N) is 1. The van der Waals surface area contributed by atoms with Crippen molar-refractivity contribution < 1.29 is 19.2 Å². The Bertz CT molecular complexity index is 504. The van der Waals surface area contributed by atoms with Gasteiger partial charge in [0, 0.05) is 25.3 Å². The summed E-state index contributed by atoms with van der Waals surface area (Å²) in [6.45, 7) is 0.647. The molecule has 0 aliphatic heterocycles. The molecule has 0 aromatic heterocycles. The van der Waals surface area contributed by atoms with E-state index in [4.69, 9.17) is 4.74 Å². The van der Waals surface area contributed by atoms with E-state index in [-0.39, 0.29) is 29.4 Å². The number of ether oxygens (including phenoxy) is 1. The fourth-order valence-corrected chi connectivity index (χ4v) is 1.45. The lowest BCUT2D eigenvalue weighted by molar-refractivity contribution is -0.384. The number of benzene rings is 1. The zero-order valence-electron chi connectivity index (χ0n) is 10.9. The number of carbonyl (C=O) groups is 2. The second-order valence-corrected chi connectivity index (χ2v) is 3.85. The van der Waals surface area contributed by atoms with Gasteiger partial charge in [-0.3, -0.25) is 19.7 Å². The highest BCUT2D eigenvalue weighted by Gasteiger charge is 2.15. The van der Waals surface area contributed by atoms with E-state index in [0.29, 0.717) is 19.4 Å². The number of carbonyl (C=O) groups excluding carboxylic acids is 2. The highest BCUT2D eigenvalue weighted by molar-refractivity contribution is 5.83. The number of methoxy groups -OCH3 is 1. The summed E-state index contributed by atoms with van der Waals surface area (Å²) in [5.41, 5.74) is 0.133. The van der Waals surface area contributed by atoms with Crippen molar-refractivity contribution in [3.63, 3.8) is 0 Å². The SMILES string of the molecule is COCCNC(=O)CNc1ccc(C=O)cc1[N+](=O)[O-]. The Balaban J connectivity index is 2.65. The Morgan fingerprint density at radius 2 is 2.25 bits per heavy atom. The molecule has 0 bridgehead atoms. The molecule has 8 heteroatoms. The number of amides is 1. The zero-order chi connectivity index (χ0) is 15.0. The van der Waals surface area contributed by atoms with Crippen LogP contribution in [0, 0.1) is 10.1 Å². The number of rotatable bonds is 8. The fraction of sp³-hybridized carbons (Fsp3) is 0.333. The van der Waals surface area contributed by atoms with E-state index in [1.54, 1.807) is 0 Å². The van der Waals surface area contributed by atoms with Crippen LogP contribution in [0.15, 0.2) is 18.2 Å². The molecule has 1 aromatic carbocycles. The summed E-state index contributed by atoms with van der Waals surface area (Å²) in [6, 6.07) is 3.98. The lowest BCUT2D eigenvalue weighted by Crippen LogP contribution is -2.32. The topological polar surface area (TPSA) is 111 Å². The first-order valence-corrected chi connectivity index (χ1v) is 5.81. The maximum absolute atomic E-state index is 11.4. The fourth-order valence-electron chi connectivity index (χ4n) is 1.45. The number of nitrogens with one attached hydrogen (secondary N) is 2. The lowest BCUT2D eigenvalue weighted by Gasteiger charge is -2.08. The van der Waals surface area contributed by atoms with Gasteiger partial charge in [0.25, 0.3) is 5.69 Å². The molecule has 0 unspecified atom stereocenters. The maximum Gasteiger partial charge on any atom is 0.293 e. The normalized spacial score (nSPS) is 9.85. The van der Waals surface area contributed by atoms with Crippen molar-refractivity contribution in [3.8, 4) is 0 Å². The minimum Gasteiger partial charge on any atom is -0.383 e. The number of aldehydes is 1. The molecular weight excluding hydrogens is 266 g/mol. The van der Waals surface area contributed by atoms with E-state index in [0.717, 1.165) is 6.07 Å². The van der Waals surface area contributed by atoms with Crippen LogP contribution in [0.5, 0.6) is 0 Å². The zero-order valence-corrected chi connectivity index (χ0v) is 10.9. The van der Waals surface area contributed by atoms with Crippen molar-refractivity contribution in [2.75, 3.05) is 32.1 Å². The first-order valence-electron chi connectivity index (χ1n) is 5.81. The molecule has 0 spiro atoms. The summed E-state index contributed by atoms with van der Waals surface area (Å²) in [5.74, 6) is -0.309. The molecule has 1 amide bonds. The van der Waals surface area contributed by atoms with Gasteiger partial charge < -0.3 is 15.4 Å². The second kappa shape index (κ2) is 7.85. The average molecular weight is 281 g/mol. The molecule has 0 aliphatic rings. The Morgan fingerprint density at radius 3 is 2.85 bits per heavy atom. The molecule has 0 atom stereocenters. The van der Waals surface area contributed by atoms with Gasteiger partial charge >= 0.3 is 0 Å². The first kappa shape index (κ1) is 15.6. The van der Waals surface area contributed by atoms with Gasteiger partial charge in [0.15, 0.2) is 0 Å². The quantitative estimate of drug-likeness (QED) is 0.312. The van der Waals surface area contributed by atoms with Crippen LogP contribution < -0.4 is 10.6 Å². The standard InChI is InChI=1S/C12H15N3O5/c1-20-5-4-13-12(17)7-14-10-3-2-9(8-16)6-11(10)15(18)19/h2-3,6,8,14H,4-5,7H2,1H3,(H,13,17). The molecule has 0 aliphatic carbocycles. The van der Waals surface area contributed by atoms with Crippen molar-refractivity contribution >= 4 is 23.6 Å². The van der Waals surface area contributed by atoms with Crippen LogP contribution in [-0.2, 0) is 9.53 Å². The van der Waals surface area contributed by atoms with Crippen LogP contribution >= 0.6 is 0 Å². The highest BCUT2D eigenvalue weighted by Crippen LogP contribution is 2.24. The highest BCUT2D eigenvalue weighted by atomic mass is 16.6. The smallest absolute Gasteiger partial charge is 0.293 e. The van der Waals surface area contributed by atoms with Gasteiger partial charge in [0.2, 0.25) is 5.91 Å². The van der Waals surface area contributed by atoms with E-state index in [2.05, 4.69) is 10.6 Å². The molecule has 8 nitrogen and oxygen atoms in total. The average Bonchev–Trinajstić information content (AvgIpc) is 2.45. The summed E-state index contributed by atoms with van der Waals surface area (Å²) in [4.78, 5) is 32.3. The summed E-state index contributed by atoms with van der Waals surface area (Å²) < 4.78 is 4.77. The summed E-state index contributed by atoms with van der Waals surface area (Å²) in [5, 5.41) is 16.1. The lowest BCUT2D eigenvalue weighted by atomic mass is 10.2. The summed E-state index contributed by atoms with van der Waals surface area (Å²) in [7, 11) is 1.52. The third-order valence-corrected chi connectivity index (χ3v) is 2.42. The van der Waals surface area contributed by atoms with Crippen LogP contribution in [-0.4, -0.2) is 43.9 Å². The Hall–Kier alpha value is -2.48.